The van der Waals surface area contributed by atoms with E-state index in [0.717, 1.165) is 16.5 Å². The van der Waals surface area contributed by atoms with Crippen LogP contribution in [0.4, 0.5) is 8.78 Å². The van der Waals surface area contributed by atoms with Gasteiger partial charge in [0.2, 0.25) is 11.8 Å². The van der Waals surface area contributed by atoms with Gasteiger partial charge in [0.05, 0.1) is 6.04 Å². The summed E-state index contributed by atoms with van der Waals surface area (Å²) in [6.45, 7) is 1.87. The predicted octanol–water partition coefficient (Wildman–Crippen LogP) is 3.40. The quantitative estimate of drug-likeness (QED) is 0.924. The largest absolute Gasteiger partial charge is 0.351 e. The molecule has 5 heteroatoms. The molecule has 1 aromatic carbocycles. The van der Waals surface area contributed by atoms with Crippen LogP contribution in [0.15, 0.2) is 30.5 Å². The van der Waals surface area contributed by atoms with Gasteiger partial charge in [-0.1, -0.05) is 12.1 Å². The first-order valence-electron chi connectivity index (χ1n) is 7.09. The lowest BCUT2D eigenvalue weighted by Gasteiger charge is -2.34. The van der Waals surface area contributed by atoms with Gasteiger partial charge in [0.25, 0.3) is 0 Å². The molecule has 0 radical (unpaired) electrons. The number of nitrogens with zero attached hydrogens (tertiary/aromatic N) is 1. The van der Waals surface area contributed by atoms with E-state index in [1.807, 2.05) is 49.0 Å². The first-order chi connectivity index (χ1) is 9.85. The summed E-state index contributed by atoms with van der Waals surface area (Å²) < 4.78 is 27.6. The van der Waals surface area contributed by atoms with E-state index in [0.29, 0.717) is 0 Å². The van der Waals surface area contributed by atoms with Crippen molar-refractivity contribution < 1.29 is 13.6 Å². The summed E-state index contributed by atoms with van der Waals surface area (Å²) >= 11 is 0. The highest BCUT2D eigenvalue weighted by Crippen LogP contribution is 2.42. The van der Waals surface area contributed by atoms with E-state index in [1.54, 1.807) is 0 Å². The third kappa shape index (κ3) is 2.64. The van der Waals surface area contributed by atoms with Crippen LogP contribution >= 0.6 is 0 Å². The average Bonchev–Trinajstić information content (AvgIpc) is 2.77. The molecule has 21 heavy (non-hydrogen) atoms. The second kappa shape index (κ2) is 4.83. The fraction of sp³-hybridized carbons (Fsp3) is 0.438. The summed E-state index contributed by atoms with van der Waals surface area (Å²) in [4.78, 5) is 11.9. The molecule has 1 amide bonds. The standard InChI is InChI=1S/C16H18F2N2O/c1-10(19-15(21)13-8-16(17,18)9-13)12-4-3-11-5-6-20(2)14(11)7-12/h3-7,10,13H,8-9H2,1-2H3,(H,19,21). The minimum Gasteiger partial charge on any atom is -0.351 e. The van der Waals surface area contributed by atoms with Crippen molar-refractivity contribution in [3.63, 3.8) is 0 Å². The van der Waals surface area contributed by atoms with Crippen molar-refractivity contribution in [3.05, 3.63) is 36.0 Å². The zero-order chi connectivity index (χ0) is 15.2. The number of halogens is 2. The van der Waals surface area contributed by atoms with Crippen LogP contribution in [0.5, 0.6) is 0 Å². The molecule has 1 unspecified atom stereocenters. The van der Waals surface area contributed by atoms with Crippen molar-refractivity contribution in [2.75, 3.05) is 0 Å². The molecule has 1 aromatic heterocycles. The van der Waals surface area contributed by atoms with Crippen LogP contribution in [-0.4, -0.2) is 16.4 Å². The van der Waals surface area contributed by atoms with Gasteiger partial charge in [0.15, 0.2) is 0 Å². The molecule has 3 nitrogen and oxygen atoms in total. The van der Waals surface area contributed by atoms with Gasteiger partial charge >= 0.3 is 0 Å². The van der Waals surface area contributed by atoms with E-state index in [2.05, 4.69) is 5.32 Å². The summed E-state index contributed by atoms with van der Waals surface area (Å²) in [5.74, 6) is -3.49. The van der Waals surface area contributed by atoms with Gasteiger partial charge in [-0.2, -0.15) is 0 Å². The molecular weight excluding hydrogens is 274 g/mol. The topological polar surface area (TPSA) is 34.0 Å². The van der Waals surface area contributed by atoms with Crippen LogP contribution in [0, 0.1) is 5.92 Å². The molecule has 0 bridgehead atoms. The molecule has 2 aromatic rings. The minimum absolute atomic E-state index is 0.189. The zero-order valence-electron chi connectivity index (χ0n) is 12.1. The molecule has 1 atom stereocenters. The van der Waals surface area contributed by atoms with Crippen LogP contribution in [0.3, 0.4) is 0 Å². The van der Waals surface area contributed by atoms with Crippen molar-refractivity contribution in [2.45, 2.75) is 31.7 Å². The van der Waals surface area contributed by atoms with Crippen LogP contribution in [0.1, 0.15) is 31.4 Å². The number of rotatable bonds is 3. The van der Waals surface area contributed by atoms with Crippen LogP contribution in [0.25, 0.3) is 10.9 Å². The number of nitrogens with one attached hydrogen (secondary N) is 1. The summed E-state index contributed by atoms with van der Waals surface area (Å²) in [5, 5.41) is 3.97. The number of fused-ring (bicyclic) bond motifs is 1. The third-order valence-corrected chi connectivity index (χ3v) is 4.23. The highest BCUT2D eigenvalue weighted by molar-refractivity contribution is 5.82. The fourth-order valence-corrected chi connectivity index (χ4v) is 2.81. The first kappa shape index (κ1) is 14.0. The van der Waals surface area contributed by atoms with Gasteiger partial charge in [-0.25, -0.2) is 8.78 Å². The number of benzene rings is 1. The Balaban J connectivity index is 1.70. The lowest BCUT2D eigenvalue weighted by Crippen LogP contribution is -2.45. The Morgan fingerprint density at radius 2 is 2.10 bits per heavy atom. The molecule has 1 heterocycles. The molecular formula is C16H18F2N2O. The highest BCUT2D eigenvalue weighted by atomic mass is 19.3. The second-order valence-electron chi connectivity index (χ2n) is 5.94. The van der Waals surface area contributed by atoms with Crippen molar-refractivity contribution in [3.8, 4) is 0 Å². The van der Waals surface area contributed by atoms with Crippen LogP contribution in [0.2, 0.25) is 0 Å². The van der Waals surface area contributed by atoms with E-state index in [9.17, 15) is 13.6 Å². The Kier molecular flexibility index (Phi) is 3.23. The molecule has 0 aliphatic heterocycles. The van der Waals surface area contributed by atoms with Gasteiger partial charge in [-0.05, 0) is 30.0 Å². The Morgan fingerprint density at radius 1 is 1.38 bits per heavy atom. The summed E-state index contributed by atoms with van der Waals surface area (Å²) in [6, 6.07) is 7.83. The number of amides is 1. The average molecular weight is 292 g/mol. The number of hydrogen-bond acceptors (Lipinski definition) is 1. The number of aryl methyl sites for hydroxylation is 1. The lowest BCUT2D eigenvalue weighted by atomic mass is 9.80. The Morgan fingerprint density at radius 3 is 2.76 bits per heavy atom. The highest BCUT2D eigenvalue weighted by Gasteiger charge is 2.48. The molecule has 0 spiro atoms. The first-order valence-corrected chi connectivity index (χ1v) is 7.09. The molecule has 1 aliphatic carbocycles. The summed E-state index contributed by atoms with van der Waals surface area (Å²) in [6.07, 6.45) is 1.32. The summed E-state index contributed by atoms with van der Waals surface area (Å²) in [7, 11) is 1.96. The lowest BCUT2D eigenvalue weighted by molar-refractivity contribution is -0.150. The van der Waals surface area contributed by atoms with Gasteiger partial charge < -0.3 is 9.88 Å². The molecule has 3 rings (SSSR count). The molecule has 1 aliphatic rings. The van der Waals surface area contributed by atoms with E-state index < -0.39 is 11.8 Å². The van der Waals surface area contributed by atoms with E-state index in [-0.39, 0.29) is 24.8 Å². The molecule has 1 saturated carbocycles. The fourth-order valence-electron chi connectivity index (χ4n) is 2.81. The van der Waals surface area contributed by atoms with Crippen molar-refractivity contribution in [2.24, 2.45) is 13.0 Å². The van der Waals surface area contributed by atoms with E-state index in [1.165, 1.54) is 0 Å². The smallest absolute Gasteiger partial charge is 0.249 e. The molecule has 112 valence electrons. The van der Waals surface area contributed by atoms with E-state index in [4.69, 9.17) is 0 Å². The number of carbonyl (C=O) groups excluding carboxylic acids is 1. The second-order valence-corrected chi connectivity index (χ2v) is 5.94. The molecule has 0 saturated heterocycles. The van der Waals surface area contributed by atoms with Crippen LogP contribution in [-0.2, 0) is 11.8 Å². The number of hydrogen-bond donors (Lipinski definition) is 1. The maximum Gasteiger partial charge on any atom is 0.249 e. The predicted molar refractivity (Wildman–Crippen MR) is 77.1 cm³/mol. The van der Waals surface area contributed by atoms with E-state index >= 15 is 0 Å². The monoisotopic (exact) mass is 292 g/mol. The number of aromatic nitrogens is 1. The minimum atomic E-state index is -2.66. The number of alkyl halides is 2. The Hall–Kier alpha value is -1.91. The van der Waals surface area contributed by atoms with Crippen molar-refractivity contribution in [1.82, 2.24) is 9.88 Å². The van der Waals surface area contributed by atoms with Crippen LogP contribution < -0.4 is 5.32 Å². The third-order valence-electron chi connectivity index (χ3n) is 4.23. The number of carbonyl (C=O) groups is 1. The van der Waals surface area contributed by atoms with Crippen molar-refractivity contribution in [1.29, 1.82) is 0 Å². The normalized spacial score (nSPS) is 19.2. The zero-order valence-corrected chi connectivity index (χ0v) is 12.1. The van der Waals surface area contributed by atoms with Gasteiger partial charge in [-0.15, -0.1) is 0 Å². The SMILES string of the molecule is CC(NC(=O)C1CC(F)(F)C1)c1ccc2ccn(C)c2c1. The molecule has 1 N–H and O–H groups in total. The molecule has 1 fully saturated rings. The Bertz CT molecular complexity index is 685. The maximum absolute atomic E-state index is 12.8. The maximum atomic E-state index is 12.8. The summed E-state index contributed by atoms with van der Waals surface area (Å²) in [5.41, 5.74) is 2.06. The van der Waals surface area contributed by atoms with Gasteiger partial charge in [-0.3, -0.25) is 4.79 Å². The van der Waals surface area contributed by atoms with Crippen molar-refractivity contribution >= 4 is 16.8 Å². The Labute approximate surface area is 121 Å². The van der Waals surface area contributed by atoms with Gasteiger partial charge in [0, 0.05) is 37.5 Å². The van der Waals surface area contributed by atoms with Gasteiger partial charge in [0.1, 0.15) is 0 Å².